The summed E-state index contributed by atoms with van der Waals surface area (Å²) in [4.78, 5) is 42.0. The van der Waals surface area contributed by atoms with Crippen LogP contribution in [0.25, 0.3) is 0 Å². The fourth-order valence-electron chi connectivity index (χ4n) is 3.64. The Morgan fingerprint density at radius 2 is 1.65 bits per heavy atom. The number of nitrogens with one attached hydrogen (secondary N) is 1. The molecule has 1 aromatic carbocycles. The normalized spacial score (nSPS) is 13.3. The fraction of sp³-hybridized carbons (Fsp3) is 0.519. The lowest BCUT2D eigenvalue weighted by Crippen LogP contribution is -2.56. The molecule has 1 aromatic rings. The monoisotopic (exact) mass is 525 g/mol. The molecule has 37 heavy (non-hydrogen) atoms. The van der Waals surface area contributed by atoms with Crippen LogP contribution in [0.5, 0.6) is 0 Å². The summed E-state index contributed by atoms with van der Waals surface area (Å²) in [6, 6.07) is 2.69. The highest BCUT2D eigenvalue weighted by Gasteiger charge is 2.36. The second-order valence-electron chi connectivity index (χ2n) is 9.67. The van der Waals surface area contributed by atoms with Gasteiger partial charge < -0.3 is 19.9 Å². The van der Waals surface area contributed by atoms with Gasteiger partial charge in [-0.15, -0.1) is 13.2 Å². The summed E-state index contributed by atoms with van der Waals surface area (Å²) in [5.74, 6) is -1.54. The first kappa shape index (κ1) is 31.9. The van der Waals surface area contributed by atoms with Gasteiger partial charge in [-0.3, -0.25) is 14.4 Å². The number of hydrogen-bond donors (Lipinski definition) is 1. The van der Waals surface area contributed by atoms with Gasteiger partial charge in [-0.25, -0.2) is 0 Å². The van der Waals surface area contributed by atoms with Crippen LogP contribution in [0.4, 0.5) is 13.2 Å². The molecule has 2 amide bonds. The Morgan fingerprint density at radius 1 is 1.05 bits per heavy atom. The molecule has 0 aromatic heterocycles. The van der Waals surface area contributed by atoms with E-state index in [4.69, 9.17) is 4.74 Å². The third kappa shape index (κ3) is 10.4. The first-order chi connectivity index (χ1) is 17.1. The number of ether oxygens (including phenoxy) is 1. The number of benzene rings is 1. The summed E-state index contributed by atoms with van der Waals surface area (Å²) >= 11 is 0. The zero-order valence-electron chi connectivity index (χ0n) is 22.2. The van der Waals surface area contributed by atoms with Crippen molar-refractivity contribution in [3.8, 4) is 0 Å². The minimum Gasteiger partial charge on any atom is -0.459 e. The van der Waals surface area contributed by atoms with Gasteiger partial charge in [-0.05, 0) is 58.4 Å². The number of nitrogens with zero attached hydrogens (tertiary/aromatic N) is 2. The molecule has 0 heterocycles. The Hall–Kier alpha value is -3.14. The molecular weight excluding hydrogens is 487 g/mol. The third-order valence-electron chi connectivity index (χ3n) is 5.44. The highest BCUT2D eigenvalue weighted by atomic mass is 19.4. The number of esters is 1. The molecule has 0 aliphatic rings. The van der Waals surface area contributed by atoms with Gasteiger partial charge in [0.15, 0.2) is 0 Å². The van der Waals surface area contributed by atoms with Crippen molar-refractivity contribution in [3.05, 3.63) is 60.7 Å². The molecule has 10 heteroatoms. The number of alkyl halides is 3. The summed E-state index contributed by atoms with van der Waals surface area (Å²) in [6.45, 7) is 12.3. The van der Waals surface area contributed by atoms with Crippen molar-refractivity contribution in [3.63, 3.8) is 0 Å². The summed E-state index contributed by atoms with van der Waals surface area (Å²) in [5, 5.41) is 2.92. The molecule has 1 rings (SSSR count). The summed E-state index contributed by atoms with van der Waals surface area (Å²) in [5.41, 5.74) is -1.14. The van der Waals surface area contributed by atoms with E-state index in [9.17, 15) is 27.6 Å². The number of carbonyl (C=O) groups excluding carboxylic acids is 3. The van der Waals surface area contributed by atoms with E-state index in [1.807, 2.05) is 0 Å². The molecule has 0 spiro atoms. The molecule has 0 fully saturated rings. The van der Waals surface area contributed by atoms with Gasteiger partial charge in [0.1, 0.15) is 18.2 Å². The van der Waals surface area contributed by atoms with Crippen molar-refractivity contribution < 1.29 is 32.3 Å². The van der Waals surface area contributed by atoms with Gasteiger partial charge in [0.05, 0.1) is 11.6 Å². The van der Waals surface area contributed by atoms with Crippen LogP contribution >= 0.6 is 0 Å². The van der Waals surface area contributed by atoms with Crippen LogP contribution in [0.3, 0.4) is 0 Å². The first-order valence-electron chi connectivity index (χ1n) is 12.0. The van der Waals surface area contributed by atoms with Crippen molar-refractivity contribution in [1.29, 1.82) is 0 Å². The van der Waals surface area contributed by atoms with E-state index in [0.717, 1.165) is 12.1 Å². The van der Waals surface area contributed by atoms with Gasteiger partial charge in [0.2, 0.25) is 11.8 Å². The molecule has 7 nitrogen and oxygen atoms in total. The zero-order valence-corrected chi connectivity index (χ0v) is 22.2. The van der Waals surface area contributed by atoms with Gasteiger partial charge in [-0.1, -0.05) is 24.3 Å². The molecule has 0 radical (unpaired) electrons. The van der Waals surface area contributed by atoms with E-state index in [1.54, 1.807) is 40.0 Å². The number of amides is 2. The van der Waals surface area contributed by atoms with Crippen LogP contribution in [0.15, 0.2) is 49.6 Å². The summed E-state index contributed by atoms with van der Waals surface area (Å²) in [6.07, 6.45) is -0.697. The fourth-order valence-corrected chi connectivity index (χ4v) is 3.64. The molecule has 0 aliphatic heterocycles. The summed E-state index contributed by atoms with van der Waals surface area (Å²) < 4.78 is 44.4. The number of halogens is 3. The van der Waals surface area contributed by atoms with Crippen LogP contribution in [-0.2, 0) is 31.7 Å². The van der Waals surface area contributed by atoms with E-state index in [2.05, 4.69) is 18.5 Å². The highest BCUT2D eigenvalue weighted by Crippen LogP contribution is 2.29. The lowest BCUT2D eigenvalue weighted by Gasteiger charge is -2.35. The topological polar surface area (TPSA) is 79.0 Å². The molecule has 0 aliphatic carbocycles. The van der Waals surface area contributed by atoms with Gasteiger partial charge in [0.25, 0.3) is 0 Å². The lowest BCUT2D eigenvalue weighted by molar-refractivity contribution is -0.159. The van der Waals surface area contributed by atoms with Crippen molar-refractivity contribution in [1.82, 2.24) is 15.1 Å². The maximum Gasteiger partial charge on any atom is 0.416 e. The van der Waals surface area contributed by atoms with Crippen molar-refractivity contribution >= 4 is 17.8 Å². The van der Waals surface area contributed by atoms with Gasteiger partial charge >= 0.3 is 12.1 Å². The average molecular weight is 526 g/mol. The number of hydrogen-bond acceptors (Lipinski definition) is 5. The van der Waals surface area contributed by atoms with Crippen LogP contribution in [0, 0.1) is 0 Å². The molecule has 1 N–H and O–H groups in total. The van der Waals surface area contributed by atoms with E-state index in [0.29, 0.717) is 18.4 Å². The van der Waals surface area contributed by atoms with Crippen molar-refractivity contribution in [2.75, 3.05) is 27.2 Å². The van der Waals surface area contributed by atoms with Crippen LogP contribution < -0.4 is 5.32 Å². The van der Waals surface area contributed by atoms with Gasteiger partial charge in [-0.2, -0.15) is 13.2 Å². The Kier molecular flexibility index (Phi) is 12.0. The number of rotatable bonds is 13. The number of carbonyl (C=O) groups is 3. The molecule has 0 unspecified atom stereocenters. The highest BCUT2D eigenvalue weighted by molar-refractivity contribution is 5.91. The second-order valence-corrected chi connectivity index (χ2v) is 9.67. The molecule has 0 bridgehead atoms. The SMILES string of the molecule is C=CCCN(C(=O)[C@H](CC=C)NC)[C@@H](Cc1ccc(C(F)(F)F)cc1)C(=O)N(C)CC(=O)OC(C)(C)C. The molecular formula is C27H38F3N3O4. The third-order valence-corrected chi connectivity index (χ3v) is 5.44. The average Bonchev–Trinajstić information content (AvgIpc) is 2.79. The predicted octanol–water partition coefficient (Wildman–Crippen LogP) is 3.99. The molecule has 0 saturated heterocycles. The van der Waals surface area contributed by atoms with Crippen LogP contribution in [0.1, 0.15) is 44.7 Å². The molecule has 2 atom stereocenters. The van der Waals surface area contributed by atoms with Crippen LogP contribution in [-0.4, -0.2) is 72.5 Å². The lowest BCUT2D eigenvalue weighted by atomic mass is 10.00. The predicted molar refractivity (Wildman–Crippen MR) is 137 cm³/mol. The Morgan fingerprint density at radius 3 is 2.11 bits per heavy atom. The van der Waals surface area contributed by atoms with Crippen molar-refractivity contribution in [2.24, 2.45) is 0 Å². The minimum atomic E-state index is -4.50. The summed E-state index contributed by atoms with van der Waals surface area (Å²) in [7, 11) is 3.03. The quantitative estimate of drug-likeness (QED) is 0.311. The van der Waals surface area contributed by atoms with E-state index in [-0.39, 0.29) is 25.4 Å². The van der Waals surface area contributed by atoms with Crippen molar-refractivity contribution in [2.45, 2.75) is 63.9 Å². The van der Waals surface area contributed by atoms with E-state index in [1.165, 1.54) is 29.0 Å². The maximum atomic E-state index is 13.6. The Bertz CT molecular complexity index is 940. The Balaban J connectivity index is 3.41. The standard InChI is InChI=1S/C27H38F3N3O4/c1-8-10-16-33(24(35)21(31-6)11-9-2)22(17-19-12-14-20(15-13-19)27(28,29)30)25(36)32(7)18-23(34)37-26(3,4)5/h8-9,12-15,21-22,31H,1-2,10-11,16-18H2,3-7H3/t21-,22-/m0/s1. The zero-order chi connectivity index (χ0) is 28.4. The smallest absolute Gasteiger partial charge is 0.416 e. The molecule has 206 valence electrons. The van der Waals surface area contributed by atoms with Gasteiger partial charge in [0, 0.05) is 20.0 Å². The maximum absolute atomic E-state index is 13.6. The van der Waals surface area contributed by atoms with E-state index < -0.39 is 41.3 Å². The largest absolute Gasteiger partial charge is 0.459 e. The molecule has 0 saturated carbocycles. The Labute approximate surface area is 217 Å². The minimum absolute atomic E-state index is 0.0525. The van der Waals surface area contributed by atoms with Crippen LogP contribution in [0.2, 0.25) is 0 Å². The second kappa shape index (κ2) is 14.0. The van der Waals surface area contributed by atoms with E-state index >= 15 is 0 Å². The number of likely N-dealkylation sites (N-methyl/N-ethyl adjacent to an activating group) is 2. The first-order valence-corrected chi connectivity index (χ1v) is 12.0.